The SMILES string of the molecule is COC(=O)[C@@H]1[C@H]2CC[C@@H](C2)[C@@H]1NC(=O)CCc1c(C)nn(C)c1C. The zero-order valence-electron chi connectivity index (χ0n) is 15.0. The number of esters is 1. The lowest BCUT2D eigenvalue weighted by Crippen LogP contribution is -2.47. The lowest BCUT2D eigenvalue weighted by atomic mass is 9.84. The molecule has 2 fully saturated rings. The molecule has 6 nitrogen and oxygen atoms in total. The van der Waals surface area contributed by atoms with Gasteiger partial charge in [0, 0.05) is 25.2 Å². The molecule has 1 N–H and O–H groups in total. The van der Waals surface area contributed by atoms with Crippen LogP contribution in [0.5, 0.6) is 0 Å². The first-order valence-corrected chi connectivity index (χ1v) is 8.78. The summed E-state index contributed by atoms with van der Waals surface area (Å²) in [4.78, 5) is 24.5. The molecule has 0 radical (unpaired) electrons. The van der Waals surface area contributed by atoms with Gasteiger partial charge in [0.2, 0.25) is 5.91 Å². The number of hydrogen-bond donors (Lipinski definition) is 1. The number of aromatic nitrogens is 2. The molecule has 0 spiro atoms. The van der Waals surface area contributed by atoms with Crippen molar-refractivity contribution in [3.05, 3.63) is 17.0 Å². The molecule has 2 aliphatic carbocycles. The summed E-state index contributed by atoms with van der Waals surface area (Å²) in [5, 5.41) is 7.52. The Morgan fingerprint density at radius 1 is 1.29 bits per heavy atom. The molecule has 1 heterocycles. The Bertz CT molecular complexity index is 652. The highest BCUT2D eigenvalue weighted by Crippen LogP contribution is 2.48. The van der Waals surface area contributed by atoms with Gasteiger partial charge >= 0.3 is 5.97 Å². The number of aryl methyl sites for hydroxylation is 2. The van der Waals surface area contributed by atoms with E-state index in [1.807, 2.05) is 25.6 Å². The molecule has 0 saturated heterocycles. The van der Waals surface area contributed by atoms with Crippen LogP contribution >= 0.6 is 0 Å². The summed E-state index contributed by atoms with van der Waals surface area (Å²) >= 11 is 0. The van der Waals surface area contributed by atoms with Crippen LogP contribution in [0.1, 0.15) is 42.6 Å². The lowest BCUT2D eigenvalue weighted by Gasteiger charge is -2.29. The molecule has 2 saturated carbocycles. The fraction of sp³-hybridized carbons (Fsp3) is 0.722. The van der Waals surface area contributed by atoms with Crippen LogP contribution in [0.25, 0.3) is 0 Å². The highest BCUT2D eigenvalue weighted by atomic mass is 16.5. The van der Waals surface area contributed by atoms with Crippen LogP contribution in [-0.2, 0) is 27.8 Å². The minimum Gasteiger partial charge on any atom is -0.469 e. The first kappa shape index (κ1) is 17.0. The van der Waals surface area contributed by atoms with Crippen molar-refractivity contribution in [3.63, 3.8) is 0 Å². The Labute approximate surface area is 142 Å². The van der Waals surface area contributed by atoms with E-state index in [-0.39, 0.29) is 23.8 Å². The minimum absolute atomic E-state index is 0.0177. The van der Waals surface area contributed by atoms with Gasteiger partial charge in [0.1, 0.15) is 0 Å². The zero-order valence-corrected chi connectivity index (χ0v) is 15.0. The number of nitrogens with zero attached hydrogens (tertiary/aromatic N) is 2. The Hall–Kier alpha value is -1.85. The maximum absolute atomic E-state index is 12.4. The minimum atomic E-state index is -0.175. The molecule has 2 aliphatic rings. The third-order valence-corrected chi connectivity index (χ3v) is 5.98. The normalized spacial score (nSPS) is 28.2. The number of nitrogens with one attached hydrogen (secondary N) is 1. The second-order valence-electron chi connectivity index (χ2n) is 7.25. The van der Waals surface area contributed by atoms with E-state index >= 15 is 0 Å². The van der Waals surface area contributed by atoms with Crippen LogP contribution in [0.2, 0.25) is 0 Å². The zero-order chi connectivity index (χ0) is 17.4. The predicted octanol–water partition coefficient (Wildman–Crippen LogP) is 1.67. The van der Waals surface area contributed by atoms with Gasteiger partial charge in [-0.25, -0.2) is 0 Å². The largest absolute Gasteiger partial charge is 0.469 e. The smallest absolute Gasteiger partial charge is 0.311 e. The van der Waals surface area contributed by atoms with Crippen LogP contribution in [-0.4, -0.2) is 34.8 Å². The van der Waals surface area contributed by atoms with Crippen molar-refractivity contribution in [1.29, 1.82) is 0 Å². The van der Waals surface area contributed by atoms with E-state index in [1.165, 1.54) is 7.11 Å². The van der Waals surface area contributed by atoms with Crippen LogP contribution in [0.4, 0.5) is 0 Å². The predicted molar refractivity (Wildman–Crippen MR) is 89.3 cm³/mol. The molecule has 0 aliphatic heterocycles. The van der Waals surface area contributed by atoms with Crippen molar-refractivity contribution in [2.75, 3.05) is 7.11 Å². The maximum atomic E-state index is 12.4. The first-order chi connectivity index (χ1) is 11.4. The molecule has 1 amide bonds. The van der Waals surface area contributed by atoms with E-state index < -0.39 is 0 Å². The summed E-state index contributed by atoms with van der Waals surface area (Å²) in [6, 6.07) is -0.0557. The van der Waals surface area contributed by atoms with E-state index in [9.17, 15) is 9.59 Å². The Morgan fingerprint density at radius 3 is 2.62 bits per heavy atom. The highest BCUT2D eigenvalue weighted by molar-refractivity contribution is 5.79. The number of methoxy groups -OCH3 is 1. The van der Waals surface area contributed by atoms with Crippen LogP contribution in [0.15, 0.2) is 0 Å². The number of rotatable bonds is 5. The van der Waals surface area contributed by atoms with Gasteiger partial charge in [-0.05, 0) is 56.9 Å². The van der Waals surface area contributed by atoms with Gasteiger partial charge in [0.15, 0.2) is 0 Å². The van der Waals surface area contributed by atoms with Gasteiger partial charge in [-0.3, -0.25) is 14.3 Å². The summed E-state index contributed by atoms with van der Waals surface area (Å²) in [6.45, 7) is 4.00. The molecule has 132 valence electrons. The number of fused-ring (bicyclic) bond motifs is 2. The maximum Gasteiger partial charge on any atom is 0.311 e. The van der Waals surface area contributed by atoms with Gasteiger partial charge in [-0.15, -0.1) is 0 Å². The summed E-state index contributed by atoms with van der Waals surface area (Å²) in [5.74, 6) is 0.468. The molecular weight excluding hydrogens is 306 g/mol. The van der Waals surface area contributed by atoms with Crippen LogP contribution < -0.4 is 5.32 Å². The molecule has 6 heteroatoms. The van der Waals surface area contributed by atoms with E-state index in [4.69, 9.17) is 4.74 Å². The Kier molecular flexibility index (Phi) is 4.65. The van der Waals surface area contributed by atoms with Gasteiger partial charge in [0.25, 0.3) is 0 Å². The van der Waals surface area contributed by atoms with Crippen molar-refractivity contribution in [3.8, 4) is 0 Å². The van der Waals surface area contributed by atoms with E-state index in [0.717, 1.165) is 36.2 Å². The number of amides is 1. The summed E-state index contributed by atoms with van der Waals surface area (Å²) in [5.41, 5.74) is 3.23. The highest BCUT2D eigenvalue weighted by Gasteiger charge is 2.51. The topological polar surface area (TPSA) is 73.2 Å². The van der Waals surface area contributed by atoms with E-state index in [2.05, 4.69) is 10.4 Å². The van der Waals surface area contributed by atoms with E-state index in [0.29, 0.717) is 24.7 Å². The van der Waals surface area contributed by atoms with Crippen molar-refractivity contribution >= 4 is 11.9 Å². The quantitative estimate of drug-likeness (QED) is 0.832. The molecule has 24 heavy (non-hydrogen) atoms. The molecule has 3 rings (SSSR count). The molecule has 2 bridgehead atoms. The number of carbonyl (C=O) groups is 2. The first-order valence-electron chi connectivity index (χ1n) is 8.78. The second kappa shape index (κ2) is 6.57. The number of ether oxygens (including phenoxy) is 1. The fourth-order valence-electron chi connectivity index (χ4n) is 4.65. The van der Waals surface area contributed by atoms with Gasteiger partial charge in [-0.1, -0.05) is 0 Å². The molecule has 0 aromatic carbocycles. The molecule has 4 atom stereocenters. The standard InChI is InChI=1S/C18H27N3O3/c1-10-14(11(2)21(3)20-10)7-8-15(22)19-17-13-6-5-12(9-13)16(17)18(23)24-4/h12-13,16-17H,5-9H2,1-4H3,(H,19,22)/t12-,13-,16+,17-/m0/s1. The molecular formula is C18H27N3O3. The fourth-order valence-corrected chi connectivity index (χ4v) is 4.65. The monoisotopic (exact) mass is 333 g/mol. The van der Waals surface area contributed by atoms with Crippen molar-refractivity contribution in [1.82, 2.24) is 15.1 Å². The van der Waals surface area contributed by atoms with Crippen molar-refractivity contribution in [2.24, 2.45) is 24.8 Å². The Morgan fingerprint density at radius 2 is 2.00 bits per heavy atom. The summed E-state index contributed by atoms with van der Waals surface area (Å²) in [7, 11) is 3.35. The lowest BCUT2D eigenvalue weighted by molar-refractivity contribution is -0.148. The summed E-state index contributed by atoms with van der Waals surface area (Å²) in [6.07, 6.45) is 4.32. The molecule has 1 aromatic rings. The average molecular weight is 333 g/mol. The second-order valence-corrected chi connectivity index (χ2v) is 7.25. The number of hydrogen-bond acceptors (Lipinski definition) is 4. The third kappa shape index (κ3) is 2.94. The summed E-state index contributed by atoms with van der Waals surface area (Å²) < 4.78 is 6.81. The molecule has 1 aromatic heterocycles. The molecule has 0 unspecified atom stereocenters. The Balaban J connectivity index is 1.61. The van der Waals surface area contributed by atoms with Gasteiger partial charge in [0.05, 0.1) is 18.7 Å². The van der Waals surface area contributed by atoms with E-state index in [1.54, 1.807) is 0 Å². The van der Waals surface area contributed by atoms with Crippen molar-refractivity contribution in [2.45, 2.75) is 52.0 Å². The third-order valence-electron chi connectivity index (χ3n) is 5.98. The van der Waals surface area contributed by atoms with Crippen molar-refractivity contribution < 1.29 is 14.3 Å². The van der Waals surface area contributed by atoms with Crippen LogP contribution in [0, 0.1) is 31.6 Å². The van der Waals surface area contributed by atoms with Crippen LogP contribution in [0.3, 0.4) is 0 Å². The average Bonchev–Trinajstić information content (AvgIpc) is 3.20. The number of carbonyl (C=O) groups excluding carboxylic acids is 2. The van der Waals surface area contributed by atoms with Gasteiger partial charge in [-0.2, -0.15) is 5.10 Å². The van der Waals surface area contributed by atoms with Gasteiger partial charge < -0.3 is 10.1 Å².